The lowest BCUT2D eigenvalue weighted by molar-refractivity contribution is -0.274. The Bertz CT molecular complexity index is 376. The molecule has 17 heavy (non-hydrogen) atoms. The largest absolute Gasteiger partial charge is 0.573 e. The van der Waals surface area contributed by atoms with Crippen LogP contribution in [-0.4, -0.2) is 12.4 Å². The maximum absolute atomic E-state index is 13.1. The number of benzene rings is 1. The molecule has 6 heteroatoms. The van der Waals surface area contributed by atoms with Crippen molar-refractivity contribution in [3.63, 3.8) is 0 Å². The van der Waals surface area contributed by atoms with E-state index >= 15 is 0 Å². The molecule has 0 saturated heterocycles. The van der Waals surface area contributed by atoms with Gasteiger partial charge in [0.2, 0.25) is 0 Å². The van der Waals surface area contributed by atoms with Crippen molar-refractivity contribution in [2.75, 3.05) is 0 Å². The summed E-state index contributed by atoms with van der Waals surface area (Å²) < 4.78 is 52.6. The van der Waals surface area contributed by atoms with E-state index in [0.717, 1.165) is 6.07 Å². The molecule has 0 spiro atoms. The molecule has 1 rings (SSSR count). The van der Waals surface area contributed by atoms with Crippen molar-refractivity contribution in [3.8, 4) is 5.75 Å². The number of halogens is 4. The highest BCUT2D eigenvalue weighted by atomic mass is 19.4. The van der Waals surface area contributed by atoms with E-state index in [2.05, 4.69) is 10.1 Å². The molecule has 0 amide bonds. The molecular weight excluding hydrogens is 238 g/mol. The number of rotatable bonds is 4. The van der Waals surface area contributed by atoms with Gasteiger partial charge in [-0.1, -0.05) is 13.8 Å². The topological polar surface area (TPSA) is 21.3 Å². The van der Waals surface area contributed by atoms with Crippen molar-refractivity contribution < 1.29 is 22.3 Å². The summed E-state index contributed by atoms with van der Waals surface area (Å²) in [5.74, 6) is -1.30. The lowest BCUT2D eigenvalue weighted by atomic mass is 10.2. The lowest BCUT2D eigenvalue weighted by Gasteiger charge is -2.12. The van der Waals surface area contributed by atoms with Crippen LogP contribution in [0.15, 0.2) is 18.2 Å². The summed E-state index contributed by atoms with van der Waals surface area (Å²) in [6, 6.07) is 3.18. The van der Waals surface area contributed by atoms with Crippen LogP contribution in [0.4, 0.5) is 17.6 Å². The van der Waals surface area contributed by atoms with E-state index in [0.29, 0.717) is 11.6 Å². The fraction of sp³-hybridized carbons (Fsp3) is 0.455. The summed E-state index contributed by atoms with van der Waals surface area (Å²) >= 11 is 0. The highest BCUT2D eigenvalue weighted by Gasteiger charge is 2.31. The Morgan fingerprint density at radius 1 is 1.24 bits per heavy atom. The average molecular weight is 251 g/mol. The first-order valence-corrected chi connectivity index (χ1v) is 5.05. The van der Waals surface area contributed by atoms with Crippen LogP contribution in [0.1, 0.15) is 19.4 Å². The third-order valence-corrected chi connectivity index (χ3v) is 1.88. The molecule has 2 nitrogen and oxygen atoms in total. The molecule has 0 atom stereocenters. The maximum Gasteiger partial charge on any atom is 0.573 e. The van der Waals surface area contributed by atoms with Gasteiger partial charge in [0.1, 0.15) is 11.6 Å². The smallest absolute Gasteiger partial charge is 0.406 e. The van der Waals surface area contributed by atoms with Gasteiger partial charge in [-0.25, -0.2) is 4.39 Å². The van der Waals surface area contributed by atoms with Crippen molar-refractivity contribution in [1.29, 1.82) is 0 Å². The standard InChI is InChI=1S/C11H13F4NO/c1-7(2)16-6-8-3-9(12)5-10(4-8)17-11(13,14)15/h3-5,7,16H,6H2,1-2H3. The molecule has 0 bridgehead atoms. The molecule has 0 fully saturated rings. The van der Waals surface area contributed by atoms with Gasteiger partial charge in [-0.05, 0) is 17.7 Å². The Labute approximate surface area is 96.6 Å². The van der Waals surface area contributed by atoms with Crippen LogP contribution in [0.3, 0.4) is 0 Å². The fourth-order valence-electron chi connectivity index (χ4n) is 1.24. The van der Waals surface area contributed by atoms with Gasteiger partial charge >= 0.3 is 6.36 Å². The second kappa shape index (κ2) is 5.35. The molecule has 0 saturated carbocycles. The quantitative estimate of drug-likeness (QED) is 0.829. The van der Waals surface area contributed by atoms with E-state index in [9.17, 15) is 17.6 Å². The third-order valence-electron chi connectivity index (χ3n) is 1.88. The molecule has 1 aromatic carbocycles. The second-order valence-corrected chi connectivity index (χ2v) is 3.88. The summed E-state index contributed by atoms with van der Waals surface area (Å²) in [7, 11) is 0. The lowest BCUT2D eigenvalue weighted by Crippen LogP contribution is -2.22. The molecule has 0 aliphatic rings. The number of nitrogens with one attached hydrogen (secondary N) is 1. The zero-order chi connectivity index (χ0) is 13.1. The molecule has 0 aromatic heterocycles. The van der Waals surface area contributed by atoms with Gasteiger partial charge in [0.15, 0.2) is 0 Å². The summed E-state index contributed by atoms with van der Waals surface area (Å²) in [6.07, 6.45) is -4.81. The highest BCUT2D eigenvalue weighted by molar-refractivity contribution is 5.29. The molecule has 0 aliphatic carbocycles. The first-order valence-electron chi connectivity index (χ1n) is 5.05. The van der Waals surface area contributed by atoms with Gasteiger partial charge in [0.25, 0.3) is 0 Å². The minimum Gasteiger partial charge on any atom is -0.406 e. The predicted octanol–water partition coefficient (Wildman–Crippen LogP) is 3.22. The van der Waals surface area contributed by atoms with Gasteiger partial charge in [-0.15, -0.1) is 13.2 Å². The van der Waals surface area contributed by atoms with Crippen molar-refractivity contribution in [1.82, 2.24) is 5.32 Å². The van der Waals surface area contributed by atoms with Crippen LogP contribution < -0.4 is 10.1 Å². The average Bonchev–Trinajstić information content (AvgIpc) is 2.10. The van der Waals surface area contributed by atoms with E-state index in [1.54, 1.807) is 0 Å². The normalized spacial score (nSPS) is 11.9. The molecule has 0 radical (unpaired) electrons. The van der Waals surface area contributed by atoms with Crippen molar-refractivity contribution >= 4 is 0 Å². The molecule has 1 N–H and O–H groups in total. The second-order valence-electron chi connectivity index (χ2n) is 3.88. The molecule has 96 valence electrons. The molecule has 0 unspecified atom stereocenters. The van der Waals surface area contributed by atoms with Crippen LogP contribution in [0.5, 0.6) is 5.75 Å². The van der Waals surface area contributed by atoms with Crippen molar-refractivity contribution in [2.24, 2.45) is 0 Å². The number of alkyl halides is 3. The Balaban J connectivity index is 2.79. The number of hydrogen-bond acceptors (Lipinski definition) is 2. The zero-order valence-corrected chi connectivity index (χ0v) is 9.44. The zero-order valence-electron chi connectivity index (χ0n) is 9.44. The predicted molar refractivity (Wildman–Crippen MR) is 55.1 cm³/mol. The summed E-state index contributed by atoms with van der Waals surface area (Å²) in [4.78, 5) is 0. The monoisotopic (exact) mass is 251 g/mol. The minimum absolute atomic E-state index is 0.158. The van der Waals surface area contributed by atoms with Crippen LogP contribution in [0.2, 0.25) is 0 Å². The van der Waals surface area contributed by atoms with E-state index in [-0.39, 0.29) is 12.6 Å². The first kappa shape index (κ1) is 13.8. The number of hydrogen-bond donors (Lipinski definition) is 1. The fourth-order valence-corrected chi connectivity index (χ4v) is 1.24. The van der Waals surface area contributed by atoms with E-state index < -0.39 is 17.9 Å². The number of ether oxygens (including phenoxy) is 1. The summed E-state index contributed by atoms with van der Waals surface area (Å²) in [5, 5.41) is 2.98. The van der Waals surface area contributed by atoms with Gasteiger partial charge in [0.05, 0.1) is 0 Å². The van der Waals surface area contributed by atoms with Crippen LogP contribution >= 0.6 is 0 Å². The summed E-state index contributed by atoms with van der Waals surface area (Å²) in [6.45, 7) is 4.04. The van der Waals surface area contributed by atoms with Crippen LogP contribution in [-0.2, 0) is 6.54 Å². The van der Waals surface area contributed by atoms with Gasteiger partial charge in [-0.3, -0.25) is 0 Å². The third kappa shape index (κ3) is 5.53. The maximum atomic E-state index is 13.1. The molecule has 0 aliphatic heterocycles. The van der Waals surface area contributed by atoms with Crippen molar-refractivity contribution in [3.05, 3.63) is 29.6 Å². The molecule has 0 heterocycles. The van der Waals surface area contributed by atoms with E-state index in [1.807, 2.05) is 13.8 Å². The Morgan fingerprint density at radius 2 is 1.88 bits per heavy atom. The Kier molecular flexibility index (Phi) is 4.34. The SMILES string of the molecule is CC(C)NCc1cc(F)cc(OC(F)(F)F)c1. The summed E-state index contributed by atoms with van der Waals surface area (Å²) in [5.41, 5.74) is 0.401. The Hall–Kier alpha value is -1.30. The molecule has 1 aromatic rings. The van der Waals surface area contributed by atoms with E-state index in [1.165, 1.54) is 6.07 Å². The molecular formula is C11H13F4NO. The van der Waals surface area contributed by atoms with Gasteiger partial charge in [-0.2, -0.15) is 0 Å². The first-order chi connectivity index (χ1) is 7.76. The van der Waals surface area contributed by atoms with Crippen molar-refractivity contribution in [2.45, 2.75) is 32.8 Å². The Morgan fingerprint density at radius 3 is 2.41 bits per heavy atom. The highest BCUT2D eigenvalue weighted by Crippen LogP contribution is 2.24. The van der Waals surface area contributed by atoms with E-state index in [4.69, 9.17) is 0 Å². The van der Waals surface area contributed by atoms with Crippen LogP contribution in [0.25, 0.3) is 0 Å². The van der Waals surface area contributed by atoms with Gasteiger partial charge in [0, 0.05) is 18.7 Å². The minimum atomic E-state index is -4.81. The van der Waals surface area contributed by atoms with Crippen LogP contribution in [0, 0.1) is 5.82 Å². The van der Waals surface area contributed by atoms with Gasteiger partial charge < -0.3 is 10.1 Å².